The van der Waals surface area contributed by atoms with Gasteiger partial charge >= 0.3 is 0 Å². The predicted molar refractivity (Wildman–Crippen MR) is 110 cm³/mol. The highest BCUT2D eigenvalue weighted by atomic mass is 79.9. The molecule has 0 spiro atoms. The Hall–Kier alpha value is -2.44. The molecule has 0 aliphatic rings. The molecular weight excluding hydrogens is 392 g/mol. The van der Waals surface area contributed by atoms with E-state index >= 15 is 0 Å². The van der Waals surface area contributed by atoms with E-state index in [4.69, 9.17) is 0 Å². The van der Waals surface area contributed by atoms with Gasteiger partial charge in [-0.1, -0.05) is 36.4 Å². The molecule has 0 saturated carbocycles. The molecule has 134 valence electrons. The molecule has 1 heterocycles. The fourth-order valence-electron chi connectivity index (χ4n) is 2.46. The van der Waals surface area contributed by atoms with Gasteiger partial charge in [-0.3, -0.25) is 0 Å². The number of hydrogen-bond acceptors (Lipinski definition) is 5. The van der Waals surface area contributed by atoms with E-state index in [0.29, 0.717) is 11.8 Å². The Bertz CT molecular complexity index is 886. The second-order valence-corrected chi connectivity index (χ2v) is 7.02. The average molecular weight is 413 g/mol. The molecule has 0 saturated heterocycles. The second-order valence-electron chi connectivity index (χ2n) is 6.16. The fourth-order valence-corrected chi connectivity index (χ4v) is 3.05. The number of anilines is 3. The minimum atomic E-state index is -0.139. The van der Waals surface area contributed by atoms with Crippen LogP contribution in [0.25, 0.3) is 11.3 Å². The molecule has 6 heteroatoms. The lowest BCUT2D eigenvalue weighted by atomic mass is 10.1. The van der Waals surface area contributed by atoms with Crippen molar-refractivity contribution in [1.82, 2.24) is 9.97 Å². The van der Waals surface area contributed by atoms with Crippen molar-refractivity contribution in [3.8, 4) is 11.3 Å². The largest absolute Gasteiger partial charge is 0.394 e. The van der Waals surface area contributed by atoms with Crippen molar-refractivity contribution < 1.29 is 5.11 Å². The van der Waals surface area contributed by atoms with Crippen molar-refractivity contribution in [3.63, 3.8) is 0 Å². The lowest BCUT2D eigenvalue weighted by Gasteiger charge is -2.15. The predicted octanol–water partition coefficient (Wildman–Crippen LogP) is 4.75. The molecule has 1 atom stereocenters. The van der Waals surface area contributed by atoms with Crippen LogP contribution in [0.15, 0.2) is 59.1 Å². The van der Waals surface area contributed by atoms with Crippen molar-refractivity contribution in [2.45, 2.75) is 19.9 Å². The zero-order valence-electron chi connectivity index (χ0n) is 14.7. The smallest absolute Gasteiger partial charge is 0.225 e. The Morgan fingerprint density at radius 1 is 1.08 bits per heavy atom. The first-order valence-electron chi connectivity index (χ1n) is 8.40. The summed E-state index contributed by atoms with van der Waals surface area (Å²) in [4.78, 5) is 9.13. The first-order valence-corrected chi connectivity index (χ1v) is 9.19. The van der Waals surface area contributed by atoms with Gasteiger partial charge in [0.2, 0.25) is 5.95 Å². The van der Waals surface area contributed by atoms with Gasteiger partial charge in [0.05, 0.1) is 18.0 Å². The van der Waals surface area contributed by atoms with Gasteiger partial charge in [0.15, 0.2) is 0 Å². The Kier molecular flexibility index (Phi) is 5.85. The number of aliphatic hydroxyl groups is 1. The van der Waals surface area contributed by atoms with Crippen LogP contribution < -0.4 is 10.6 Å². The maximum atomic E-state index is 9.31. The van der Waals surface area contributed by atoms with Crippen LogP contribution in [0.5, 0.6) is 0 Å². The number of rotatable bonds is 6. The number of benzene rings is 2. The quantitative estimate of drug-likeness (QED) is 0.544. The highest BCUT2D eigenvalue weighted by Gasteiger charge is 2.10. The Labute approximate surface area is 161 Å². The minimum absolute atomic E-state index is 0.00516. The number of aliphatic hydroxyl groups excluding tert-OH is 1. The third-order valence-corrected chi connectivity index (χ3v) is 4.49. The third kappa shape index (κ3) is 4.59. The molecule has 0 aliphatic carbocycles. The summed E-state index contributed by atoms with van der Waals surface area (Å²) in [5.41, 5.74) is 3.91. The van der Waals surface area contributed by atoms with Crippen LogP contribution >= 0.6 is 15.9 Å². The van der Waals surface area contributed by atoms with Crippen LogP contribution in [-0.2, 0) is 0 Å². The van der Waals surface area contributed by atoms with Gasteiger partial charge in [-0.2, -0.15) is 4.98 Å². The van der Waals surface area contributed by atoms with Crippen LogP contribution in [0, 0.1) is 6.92 Å². The van der Waals surface area contributed by atoms with Gasteiger partial charge in [0.1, 0.15) is 5.82 Å². The maximum absolute atomic E-state index is 9.31. The molecular formula is C20H21BrN4O. The van der Waals surface area contributed by atoms with Crippen molar-refractivity contribution in [3.05, 3.63) is 64.6 Å². The SMILES string of the molecule is Cc1ccc(Nc2cc(-c3ccccc3)nc(N[C@H](C)CO)n2)c(Br)c1. The van der Waals surface area contributed by atoms with E-state index < -0.39 is 0 Å². The molecule has 0 bridgehead atoms. The summed E-state index contributed by atoms with van der Waals surface area (Å²) in [6.45, 7) is 3.93. The van der Waals surface area contributed by atoms with Crippen molar-refractivity contribution in [1.29, 1.82) is 0 Å². The van der Waals surface area contributed by atoms with Crippen LogP contribution in [-0.4, -0.2) is 27.7 Å². The number of aromatic nitrogens is 2. The first-order chi connectivity index (χ1) is 12.5. The second kappa shape index (κ2) is 8.29. The topological polar surface area (TPSA) is 70.1 Å². The van der Waals surface area contributed by atoms with Gasteiger partial charge in [-0.05, 0) is 47.5 Å². The number of aryl methyl sites for hydroxylation is 1. The van der Waals surface area contributed by atoms with Crippen molar-refractivity contribution >= 4 is 33.4 Å². The van der Waals surface area contributed by atoms with Crippen LogP contribution in [0.1, 0.15) is 12.5 Å². The number of halogens is 1. The normalized spacial score (nSPS) is 11.8. The van der Waals surface area contributed by atoms with E-state index in [0.717, 1.165) is 21.4 Å². The van der Waals surface area contributed by atoms with E-state index in [9.17, 15) is 5.11 Å². The monoisotopic (exact) mass is 412 g/mol. The molecule has 0 aliphatic heterocycles. The maximum Gasteiger partial charge on any atom is 0.225 e. The zero-order chi connectivity index (χ0) is 18.5. The summed E-state index contributed by atoms with van der Waals surface area (Å²) in [5.74, 6) is 1.15. The summed E-state index contributed by atoms with van der Waals surface area (Å²) in [6.07, 6.45) is 0. The molecule has 5 nitrogen and oxygen atoms in total. The zero-order valence-corrected chi connectivity index (χ0v) is 16.3. The molecule has 0 unspecified atom stereocenters. The number of nitrogens with one attached hydrogen (secondary N) is 2. The molecule has 0 radical (unpaired) electrons. The molecule has 3 rings (SSSR count). The van der Waals surface area contributed by atoms with Gasteiger partial charge < -0.3 is 15.7 Å². The van der Waals surface area contributed by atoms with Crippen LogP contribution in [0.4, 0.5) is 17.5 Å². The number of hydrogen-bond donors (Lipinski definition) is 3. The first kappa shape index (κ1) is 18.4. The van der Waals surface area contributed by atoms with E-state index in [2.05, 4.69) is 42.6 Å². The molecule has 0 fully saturated rings. The highest BCUT2D eigenvalue weighted by molar-refractivity contribution is 9.10. The molecule has 1 aromatic heterocycles. The minimum Gasteiger partial charge on any atom is -0.394 e. The lowest BCUT2D eigenvalue weighted by Crippen LogP contribution is -2.21. The Balaban J connectivity index is 1.98. The summed E-state index contributed by atoms with van der Waals surface area (Å²) in [7, 11) is 0. The van der Waals surface area contributed by atoms with E-state index in [1.54, 1.807) is 0 Å². The third-order valence-electron chi connectivity index (χ3n) is 3.83. The van der Waals surface area contributed by atoms with Gasteiger partial charge in [0, 0.05) is 22.1 Å². The average Bonchev–Trinajstić information content (AvgIpc) is 2.64. The standard InChI is InChI=1S/C20H21BrN4O/c1-13-8-9-17(16(21)10-13)23-19-11-18(15-6-4-3-5-7-15)24-20(25-19)22-14(2)12-26/h3-11,14,26H,12H2,1-2H3,(H2,22,23,24,25)/t14-/m1/s1. The molecule has 2 aromatic carbocycles. The molecule has 3 aromatic rings. The number of nitrogens with zero attached hydrogens (tertiary/aromatic N) is 2. The van der Waals surface area contributed by atoms with Crippen LogP contribution in [0.2, 0.25) is 0 Å². The fraction of sp³-hybridized carbons (Fsp3) is 0.200. The molecule has 3 N–H and O–H groups in total. The van der Waals surface area contributed by atoms with Crippen molar-refractivity contribution in [2.75, 3.05) is 17.2 Å². The Morgan fingerprint density at radius 3 is 2.54 bits per heavy atom. The van der Waals surface area contributed by atoms with Crippen LogP contribution in [0.3, 0.4) is 0 Å². The Morgan fingerprint density at radius 2 is 1.85 bits per heavy atom. The van der Waals surface area contributed by atoms with E-state index in [1.165, 1.54) is 5.56 Å². The van der Waals surface area contributed by atoms with E-state index in [1.807, 2.05) is 62.4 Å². The summed E-state index contributed by atoms with van der Waals surface area (Å²) in [5, 5.41) is 15.8. The lowest BCUT2D eigenvalue weighted by molar-refractivity contribution is 0.281. The van der Waals surface area contributed by atoms with Gasteiger partial charge in [0.25, 0.3) is 0 Å². The van der Waals surface area contributed by atoms with Gasteiger partial charge in [-0.25, -0.2) is 4.98 Å². The van der Waals surface area contributed by atoms with Crippen molar-refractivity contribution in [2.24, 2.45) is 0 Å². The summed E-state index contributed by atoms with van der Waals surface area (Å²) < 4.78 is 0.968. The summed E-state index contributed by atoms with van der Waals surface area (Å²) in [6, 6.07) is 17.8. The summed E-state index contributed by atoms with van der Waals surface area (Å²) >= 11 is 3.58. The highest BCUT2D eigenvalue weighted by Crippen LogP contribution is 2.28. The van der Waals surface area contributed by atoms with Gasteiger partial charge in [-0.15, -0.1) is 0 Å². The molecule has 0 amide bonds. The van der Waals surface area contributed by atoms with E-state index in [-0.39, 0.29) is 12.6 Å². The molecule has 26 heavy (non-hydrogen) atoms.